The van der Waals surface area contributed by atoms with Crippen LogP contribution in [0.1, 0.15) is 167 Å². The third kappa shape index (κ3) is 9.03. The molecule has 0 radical (unpaired) electrons. The topological polar surface area (TPSA) is 0 Å². The van der Waals surface area contributed by atoms with Gasteiger partial charge in [0.1, 0.15) is 0 Å². The fourth-order valence-electron chi connectivity index (χ4n) is 7.95. The van der Waals surface area contributed by atoms with Crippen molar-refractivity contribution in [3.05, 3.63) is 99.1 Å². The molecule has 0 aliphatic heterocycles. The van der Waals surface area contributed by atoms with E-state index < -0.39 is 0 Å². The molecule has 0 N–H and O–H groups in total. The van der Waals surface area contributed by atoms with Crippen molar-refractivity contribution >= 4 is 14.4 Å². The molecule has 270 valence electrons. The van der Waals surface area contributed by atoms with E-state index in [1.54, 1.807) is 27.4 Å². The summed E-state index contributed by atoms with van der Waals surface area (Å²) in [5, 5.41) is 0. The van der Waals surface area contributed by atoms with Crippen LogP contribution < -0.4 is 24.8 Å². The molecule has 3 aromatic carbocycles. The first-order chi connectivity index (χ1) is 22.0. The van der Waals surface area contributed by atoms with Crippen molar-refractivity contribution in [3.63, 3.8) is 0 Å². The molecule has 0 nitrogen and oxygen atoms in total. The first kappa shape index (κ1) is 43.0. The fourth-order valence-corrected chi connectivity index (χ4v) is 8.82. The third-order valence-electron chi connectivity index (χ3n) is 10.8. The second-order valence-corrected chi connectivity index (χ2v) is 21.0. The van der Waals surface area contributed by atoms with E-state index in [4.69, 9.17) is 0 Å². The van der Waals surface area contributed by atoms with Gasteiger partial charge >= 0.3 is 59.5 Å². The van der Waals surface area contributed by atoms with Crippen LogP contribution in [0, 0.1) is 23.8 Å². The maximum absolute atomic E-state index is 3.85. The molecule has 0 unspecified atom stereocenters. The Kier molecular flexibility index (Phi) is 13.0. The molecule has 1 fully saturated rings. The van der Waals surface area contributed by atoms with E-state index in [9.17, 15) is 0 Å². The van der Waals surface area contributed by atoms with Crippen molar-refractivity contribution < 1.29 is 49.0 Å². The molecule has 0 atom stereocenters. The molecule has 0 amide bonds. The van der Waals surface area contributed by atoms with Crippen molar-refractivity contribution in [1.82, 2.24) is 0 Å². The molecule has 0 saturated heterocycles. The van der Waals surface area contributed by atoms with Crippen molar-refractivity contribution in [2.75, 3.05) is 0 Å². The van der Waals surface area contributed by atoms with Crippen LogP contribution in [0.2, 0.25) is 0 Å². The first-order valence-electron chi connectivity index (χ1n) is 18.5. The molecular formula is C47H62Cl2Zr-2. The monoisotopic (exact) mass is 786 g/mol. The molecule has 0 bridgehead atoms. The van der Waals surface area contributed by atoms with Crippen LogP contribution in [0.25, 0.3) is 22.3 Å². The van der Waals surface area contributed by atoms with Gasteiger partial charge in [0.05, 0.1) is 0 Å². The van der Waals surface area contributed by atoms with E-state index in [1.807, 2.05) is 0 Å². The molecule has 1 saturated carbocycles. The quantitative estimate of drug-likeness (QED) is 0.166. The summed E-state index contributed by atoms with van der Waals surface area (Å²) in [4.78, 5) is 0. The second kappa shape index (κ2) is 15.2. The summed E-state index contributed by atoms with van der Waals surface area (Å²) < 4.78 is 1.80. The third-order valence-corrected chi connectivity index (χ3v) is 12.0. The van der Waals surface area contributed by atoms with Gasteiger partial charge in [0, 0.05) is 5.41 Å². The molecule has 4 aliphatic carbocycles. The van der Waals surface area contributed by atoms with Gasteiger partial charge in [0.25, 0.3) is 0 Å². The Morgan fingerprint density at radius 2 is 1.20 bits per heavy atom. The Morgan fingerprint density at radius 1 is 0.660 bits per heavy atom. The van der Waals surface area contributed by atoms with Gasteiger partial charge in [-0.2, -0.15) is 28.8 Å². The normalized spacial score (nSPS) is 18.0. The van der Waals surface area contributed by atoms with Crippen LogP contribution in [-0.4, -0.2) is 3.21 Å². The minimum absolute atomic E-state index is 0. The van der Waals surface area contributed by atoms with E-state index >= 15 is 0 Å². The number of benzene rings is 2. The summed E-state index contributed by atoms with van der Waals surface area (Å²) in [5.41, 5.74) is 18.0. The molecule has 7 rings (SSSR count). The minimum atomic E-state index is -0.0202. The van der Waals surface area contributed by atoms with Crippen molar-refractivity contribution in [2.24, 2.45) is 10.8 Å². The maximum atomic E-state index is 3.85. The van der Waals surface area contributed by atoms with Crippen molar-refractivity contribution in [1.29, 1.82) is 0 Å². The average Bonchev–Trinajstić information content (AvgIpc) is 3.69. The van der Waals surface area contributed by atoms with Gasteiger partial charge in [-0.1, -0.05) is 126 Å². The summed E-state index contributed by atoms with van der Waals surface area (Å²) in [6, 6.07) is 16.6. The van der Waals surface area contributed by atoms with E-state index in [0.29, 0.717) is 5.41 Å². The zero-order chi connectivity index (χ0) is 35.6. The summed E-state index contributed by atoms with van der Waals surface area (Å²) in [6.07, 6.45) is 14.7. The summed E-state index contributed by atoms with van der Waals surface area (Å²) in [7, 11) is 0. The Balaban J connectivity index is 0.000000293. The second-order valence-electron chi connectivity index (χ2n) is 19.3. The molecule has 50 heavy (non-hydrogen) atoms. The molecule has 3 aromatic rings. The molecule has 0 spiro atoms. The van der Waals surface area contributed by atoms with Crippen LogP contribution in [-0.2, 0) is 46.9 Å². The van der Waals surface area contributed by atoms with E-state index in [2.05, 4.69) is 152 Å². The summed E-state index contributed by atoms with van der Waals surface area (Å²) in [6.45, 7) is 32.2. The van der Waals surface area contributed by atoms with Gasteiger partial charge in [-0.05, 0) is 62.3 Å². The Morgan fingerprint density at radius 3 is 1.62 bits per heavy atom. The Hall–Kier alpha value is -1.40. The SMILES string of the molecule is CC(C)(C)C1=[C-]C(C)(C)c2cc3c(cc21)-c1cc2c(cc1C3)C(C)(C)C=C2C(C)(C)C.Cc1cc(C(C)(C)C)c[cH-]1.[Cl-].[Cl-].[Zr+2]=[C]1CCCCC1. The van der Waals surface area contributed by atoms with E-state index in [1.165, 1.54) is 98.9 Å². The molecule has 0 heterocycles. The average molecular weight is 789 g/mol. The van der Waals surface area contributed by atoms with Gasteiger partial charge in [0.15, 0.2) is 0 Å². The number of halogens is 2. The number of fused-ring (bicyclic) bond motifs is 5. The Bertz CT molecular complexity index is 1680. The number of aryl methyl sites for hydroxylation is 1. The van der Waals surface area contributed by atoms with Crippen molar-refractivity contribution in [2.45, 2.75) is 152 Å². The standard InChI is InChI=1S/C31H37.C10H15.C6H10.2ClH.Zr/c1-28(2,3)26-16-30(7,8)24-12-18-11-19-13-25-23(15-21(19)20(18)14-22(24)26)27(29(4,5)6)17-31(25,9)10;1-8-5-6-9(7-8)10(2,3)4;1-2-4-6-5-3-1;;;/h12-16H,11H2,1-10H3;5-7H,1-4H3;1-5H2;2*1H;/q2*-1;;;;+2/p-2. The number of hydrogen-bond acceptors (Lipinski definition) is 0. The number of rotatable bonds is 0. The van der Waals surface area contributed by atoms with Gasteiger partial charge in [0.2, 0.25) is 0 Å². The summed E-state index contributed by atoms with van der Waals surface area (Å²) in [5.74, 6) is 0. The molecule has 3 heteroatoms. The van der Waals surface area contributed by atoms with Gasteiger partial charge in [-0.3, -0.25) is 6.08 Å². The zero-order valence-electron chi connectivity index (χ0n) is 33.6. The number of hydrogen-bond donors (Lipinski definition) is 0. The van der Waals surface area contributed by atoms with Crippen molar-refractivity contribution in [3.8, 4) is 11.1 Å². The summed E-state index contributed by atoms with van der Waals surface area (Å²) >= 11 is 1.69. The van der Waals surface area contributed by atoms with Gasteiger partial charge in [-0.25, -0.2) is 11.6 Å². The van der Waals surface area contributed by atoms with Crippen LogP contribution in [0.15, 0.2) is 48.5 Å². The molecular weight excluding hydrogens is 727 g/mol. The van der Waals surface area contributed by atoms with E-state index in [0.717, 1.165) is 6.42 Å². The molecule has 4 aliphatic rings. The van der Waals surface area contributed by atoms with Crippen LogP contribution in [0.3, 0.4) is 0 Å². The van der Waals surface area contributed by atoms with Gasteiger partial charge in [-0.15, -0.1) is 11.6 Å². The Labute approximate surface area is 333 Å². The predicted molar refractivity (Wildman–Crippen MR) is 208 cm³/mol. The molecule has 0 aromatic heterocycles. The first-order valence-corrected chi connectivity index (χ1v) is 19.8. The predicted octanol–water partition coefficient (Wildman–Crippen LogP) is 7.19. The number of allylic oxidation sites excluding steroid dienone is 4. The van der Waals surface area contributed by atoms with Crippen LogP contribution in [0.5, 0.6) is 0 Å². The van der Waals surface area contributed by atoms with Crippen LogP contribution >= 0.6 is 0 Å². The van der Waals surface area contributed by atoms with Crippen LogP contribution in [0.4, 0.5) is 0 Å². The zero-order valence-corrected chi connectivity index (χ0v) is 37.6. The van der Waals surface area contributed by atoms with E-state index in [-0.39, 0.29) is 46.5 Å². The fraction of sp³-hybridized carbons (Fsp3) is 0.532. The van der Waals surface area contributed by atoms with Gasteiger partial charge < -0.3 is 24.8 Å².